The van der Waals surface area contributed by atoms with Gasteiger partial charge in [-0.2, -0.15) is 0 Å². The molecule has 2 atom stereocenters. The first kappa shape index (κ1) is 17.7. The maximum Gasteiger partial charge on any atom is 0.321 e. The average molecular weight is 319 g/mol. The number of hydrogen-bond acceptors (Lipinski definition) is 3. The van der Waals surface area contributed by atoms with E-state index in [-0.39, 0.29) is 28.9 Å². The Morgan fingerprint density at radius 1 is 1.40 bits per heavy atom. The van der Waals surface area contributed by atoms with E-state index < -0.39 is 8.32 Å². The molecular formula is C15H27ClO3Si. The minimum atomic E-state index is -1.69. The second-order valence-electron chi connectivity index (χ2n) is 6.89. The molecule has 3 nitrogen and oxygen atoms in total. The molecule has 0 fully saturated rings. The van der Waals surface area contributed by atoms with Crippen molar-refractivity contribution in [2.24, 2.45) is 5.92 Å². The van der Waals surface area contributed by atoms with Gasteiger partial charge < -0.3 is 9.16 Å². The first-order valence-corrected chi connectivity index (χ1v) is 10.7. The SMILES string of the molecule is CC(C)(C)[Si](C)(C)OCC[C@H]1C=CC[C@H]1OC(=O)CCl. The van der Waals surface area contributed by atoms with Crippen LogP contribution in [0, 0.1) is 5.92 Å². The van der Waals surface area contributed by atoms with Gasteiger partial charge in [-0.05, 0) is 24.6 Å². The zero-order valence-corrected chi connectivity index (χ0v) is 15.0. The van der Waals surface area contributed by atoms with Crippen molar-refractivity contribution < 1.29 is 14.0 Å². The fourth-order valence-electron chi connectivity index (χ4n) is 1.97. The quantitative estimate of drug-likeness (QED) is 0.320. The molecule has 0 radical (unpaired) electrons. The van der Waals surface area contributed by atoms with Gasteiger partial charge in [0.05, 0.1) is 0 Å². The lowest BCUT2D eigenvalue weighted by Gasteiger charge is -2.36. The lowest BCUT2D eigenvalue weighted by atomic mass is 10.0. The molecule has 0 saturated heterocycles. The fourth-order valence-corrected chi connectivity index (χ4v) is 3.10. The van der Waals surface area contributed by atoms with E-state index >= 15 is 0 Å². The molecule has 0 bridgehead atoms. The summed E-state index contributed by atoms with van der Waals surface area (Å²) in [6.07, 6.45) is 5.81. The third-order valence-electron chi connectivity index (χ3n) is 4.34. The standard InChI is InChI=1S/C15H27ClO3Si/c1-15(2,3)20(4,5)18-10-9-12-7-6-8-13(12)19-14(17)11-16/h6-7,12-13H,8-11H2,1-5H3/t12-,13-/m1/s1. The van der Waals surface area contributed by atoms with Crippen molar-refractivity contribution in [3.63, 3.8) is 0 Å². The maximum atomic E-state index is 11.3. The summed E-state index contributed by atoms with van der Waals surface area (Å²) in [4.78, 5) is 11.3. The summed E-state index contributed by atoms with van der Waals surface area (Å²) in [5, 5.41) is 0.225. The van der Waals surface area contributed by atoms with Gasteiger partial charge >= 0.3 is 5.97 Å². The number of ether oxygens (including phenoxy) is 1. The molecule has 5 heteroatoms. The summed E-state index contributed by atoms with van der Waals surface area (Å²) in [6, 6.07) is 0. The van der Waals surface area contributed by atoms with Gasteiger partial charge in [0.15, 0.2) is 8.32 Å². The molecular weight excluding hydrogens is 292 g/mol. The van der Waals surface area contributed by atoms with Crippen LogP contribution >= 0.6 is 11.6 Å². The zero-order valence-electron chi connectivity index (χ0n) is 13.2. The molecule has 116 valence electrons. The first-order chi connectivity index (χ1) is 9.17. The minimum Gasteiger partial charge on any atom is -0.461 e. The molecule has 0 aromatic rings. The Labute approximate surface area is 128 Å². The van der Waals surface area contributed by atoms with Gasteiger partial charge in [0.25, 0.3) is 0 Å². The van der Waals surface area contributed by atoms with Crippen molar-refractivity contribution >= 4 is 25.9 Å². The highest BCUT2D eigenvalue weighted by Crippen LogP contribution is 2.37. The minimum absolute atomic E-state index is 0.0655. The lowest BCUT2D eigenvalue weighted by molar-refractivity contribution is -0.147. The summed E-state index contributed by atoms with van der Waals surface area (Å²) >= 11 is 5.48. The largest absolute Gasteiger partial charge is 0.461 e. The van der Waals surface area contributed by atoms with Gasteiger partial charge in [0.1, 0.15) is 12.0 Å². The molecule has 0 aromatic heterocycles. The Hall–Kier alpha value is -0.323. The number of esters is 1. The number of carbonyl (C=O) groups is 1. The molecule has 0 amide bonds. The average Bonchev–Trinajstić information content (AvgIpc) is 2.75. The normalized spacial score (nSPS) is 23.1. The molecule has 0 aliphatic heterocycles. The Kier molecular flexibility index (Phi) is 6.29. The van der Waals surface area contributed by atoms with Crippen LogP contribution in [0.25, 0.3) is 0 Å². The van der Waals surface area contributed by atoms with E-state index in [1.807, 2.05) is 0 Å². The van der Waals surface area contributed by atoms with E-state index in [1.54, 1.807) is 0 Å². The summed E-state index contributed by atoms with van der Waals surface area (Å²) in [7, 11) is -1.69. The van der Waals surface area contributed by atoms with Crippen LogP contribution in [0.5, 0.6) is 0 Å². The van der Waals surface area contributed by atoms with Crippen LogP contribution in [-0.2, 0) is 14.0 Å². The topological polar surface area (TPSA) is 35.5 Å². The smallest absolute Gasteiger partial charge is 0.321 e. The van der Waals surface area contributed by atoms with Gasteiger partial charge in [-0.3, -0.25) is 4.79 Å². The number of alkyl halides is 1. The highest BCUT2D eigenvalue weighted by atomic mass is 35.5. The van der Waals surface area contributed by atoms with E-state index in [4.69, 9.17) is 20.8 Å². The summed E-state index contributed by atoms with van der Waals surface area (Å²) in [6.45, 7) is 11.9. The van der Waals surface area contributed by atoms with E-state index in [0.29, 0.717) is 0 Å². The van der Waals surface area contributed by atoms with Crippen LogP contribution in [0.15, 0.2) is 12.2 Å². The molecule has 20 heavy (non-hydrogen) atoms. The number of halogens is 1. The van der Waals surface area contributed by atoms with Crippen molar-refractivity contribution in [3.8, 4) is 0 Å². The van der Waals surface area contributed by atoms with Gasteiger partial charge in [-0.1, -0.05) is 32.9 Å². The number of hydrogen-bond donors (Lipinski definition) is 0. The van der Waals surface area contributed by atoms with Crippen LogP contribution in [-0.4, -0.2) is 32.9 Å². The molecule has 0 N–H and O–H groups in total. The molecule has 0 unspecified atom stereocenters. The van der Waals surface area contributed by atoms with E-state index in [9.17, 15) is 4.79 Å². The van der Waals surface area contributed by atoms with Crippen molar-refractivity contribution in [2.75, 3.05) is 12.5 Å². The molecule has 0 heterocycles. The Bertz CT molecular complexity index is 361. The monoisotopic (exact) mass is 318 g/mol. The lowest BCUT2D eigenvalue weighted by Crippen LogP contribution is -2.41. The fraction of sp³-hybridized carbons (Fsp3) is 0.800. The Balaban J connectivity index is 2.41. The highest BCUT2D eigenvalue weighted by molar-refractivity contribution is 6.74. The predicted molar refractivity (Wildman–Crippen MR) is 85.6 cm³/mol. The van der Waals surface area contributed by atoms with Crippen molar-refractivity contribution in [2.45, 2.75) is 57.8 Å². The third kappa shape index (κ3) is 4.90. The van der Waals surface area contributed by atoms with Crippen LogP contribution in [0.1, 0.15) is 33.6 Å². The van der Waals surface area contributed by atoms with Gasteiger partial charge in [0, 0.05) is 18.9 Å². The van der Waals surface area contributed by atoms with Crippen molar-refractivity contribution in [3.05, 3.63) is 12.2 Å². The summed E-state index contributed by atoms with van der Waals surface area (Å²) < 4.78 is 11.5. The predicted octanol–water partition coefficient (Wildman–Crippen LogP) is 4.13. The number of carbonyl (C=O) groups excluding carboxylic acids is 1. The molecule has 0 aromatic carbocycles. The molecule has 1 aliphatic rings. The Morgan fingerprint density at radius 3 is 2.60 bits per heavy atom. The Morgan fingerprint density at radius 2 is 2.05 bits per heavy atom. The van der Waals surface area contributed by atoms with Crippen molar-refractivity contribution in [1.29, 1.82) is 0 Å². The molecule has 0 saturated carbocycles. The second-order valence-corrected chi connectivity index (χ2v) is 12.0. The van der Waals surface area contributed by atoms with E-state index in [1.165, 1.54) is 0 Å². The second kappa shape index (κ2) is 7.10. The van der Waals surface area contributed by atoms with Gasteiger partial charge in [-0.15, -0.1) is 11.6 Å². The molecule has 1 rings (SSSR count). The summed E-state index contributed by atoms with van der Waals surface area (Å²) in [5.41, 5.74) is 0. The molecule has 1 aliphatic carbocycles. The zero-order chi connectivity index (χ0) is 15.4. The maximum absolute atomic E-state index is 11.3. The van der Waals surface area contributed by atoms with Gasteiger partial charge in [-0.25, -0.2) is 0 Å². The van der Waals surface area contributed by atoms with E-state index in [0.717, 1.165) is 19.4 Å². The van der Waals surface area contributed by atoms with Gasteiger partial charge in [0.2, 0.25) is 0 Å². The van der Waals surface area contributed by atoms with Crippen LogP contribution in [0.2, 0.25) is 18.1 Å². The number of rotatable bonds is 6. The third-order valence-corrected chi connectivity index (χ3v) is 9.10. The van der Waals surface area contributed by atoms with Crippen molar-refractivity contribution in [1.82, 2.24) is 0 Å². The van der Waals surface area contributed by atoms with Crippen LogP contribution in [0.4, 0.5) is 0 Å². The first-order valence-electron chi connectivity index (χ1n) is 7.23. The molecule has 0 spiro atoms. The van der Waals surface area contributed by atoms with Crippen LogP contribution in [0.3, 0.4) is 0 Å². The highest BCUT2D eigenvalue weighted by Gasteiger charge is 2.37. The van der Waals surface area contributed by atoms with Crippen LogP contribution < -0.4 is 0 Å². The van der Waals surface area contributed by atoms with E-state index in [2.05, 4.69) is 46.0 Å². The summed E-state index contributed by atoms with van der Waals surface area (Å²) in [5.74, 6) is -0.161.